The zero-order valence-electron chi connectivity index (χ0n) is 9.95. The molecule has 0 saturated carbocycles. The van der Waals surface area contributed by atoms with Crippen LogP contribution in [0.3, 0.4) is 0 Å². The Balaban J connectivity index is 1.94. The lowest BCUT2D eigenvalue weighted by Crippen LogP contribution is -2.09. The second-order valence-corrected chi connectivity index (χ2v) is 3.93. The van der Waals surface area contributed by atoms with Crippen LogP contribution in [-0.4, -0.2) is 16.5 Å². The Kier molecular flexibility index (Phi) is 3.82. The van der Waals surface area contributed by atoms with Gasteiger partial charge in [-0.05, 0) is 31.0 Å². The van der Waals surface area contributed by atoms with Gasteiger partial charge in [-0.1, -0.05) is 12.1 Å². The molecule has 0 aliphatic heterocycles. The maximum atomic E-state index is 13.5. The van der Waals surface area contributed by atoms with E-state index < -0.39 is 5.82 Å². The fraction of sp³-hybridized carbons (Fsp3) is 0.231. The molecule has 1 heterocycles. The molecule has 0 unspecified atom stereocenters. The Morgan fingerprint density at radius 3 is 2.83 bits per heavy atom. The van der Waals surface area contributed by atoms with Crippen molar-refractivity contribution in [2.24, 2.45) is 0 Å². The van der Waals surface area contributed by atoms with Crippen LogP contribution in [0.15, 0.2) is 30.6 Å². The molecule has 0 saturated heterocycles. The number of rotatable bonds is 4. The summed E-state index contributed by atoms with van der Waals surface area (Å²) < 4.78 is 26.5. The maximum absolute atomic E-state index is 13.5. The molecule has 0 aliphatic rings. The Morgan fingerprint density at radius 2 is 2.06 bits per heavy atom. The van der Waals surface area contributed by atoms with Gasteiger partial charge in [-0.25, -0.2) is 18.7 Å². The lowest BCUT2D eigenvalue weighted by Gasteiger charge is -2.07. The predicted molar refractivity (Wildman–Crippen MR) is 65.3 cm³/mol. The molecule has 1 N–H and O–H groups in total. The lowest BCUT2D eigenvalue weighted by atomic mass is 10.1. The molecule has 18 heavy (non-hydrogen) atoms. The number of anilines is 1. The van der Waals surface area contributed by atoms with Crippen molar-refractivity contribution in [2.75, 3.05) is 11.9 Å². The zero-order valence-corrected chi connectivity index (χ0v) is 9.95. The standard InChI is InChI=1S/C13H13F2N3/c1-9-12(15)13(18-8-17-9)16-6-5-10-3-2-4-11(14)7-10/h2-4,7-8H,5-6H2,1H3,(H,16,17,18). The van der Waals surface area contributed by atoms with Crippen LogP contribution in [0.4, 0.5) is 14.6 Å². The molecular weight excluding hydrogens is 236 g/mol. The van der Waals surface area contributed by atoms with Crippen LogP contribution in [-0.2, 0) is 6.42 Å². The van der Waals surface area contributed by atoms with E-state index in [2.05, 4.69) is 15.3 Å². The molecule has 0 atom stereocenters. The van der Waals surface area contributed by atoms with Gasteiger partial charge < -0.3 is 5.32 Å². The van der Waals surface area contributed by atoms with Gasteiger partial charge in [-0.3, -0.25) is 0 Å². The molecule has 5 heteroatoms. The third kappa shape index (κ3) is 3.00. The molecule has 0 amide bonds. The first-order chi connectivity index (χ1) is 8.66. The minimum atomic E-state index is -0.447. The summed E-state index contributed by atoms with van der Waals surface area (Å²) in [5, 5.41) is 2.87. The first kappa shape index (κ1) is 12.4. The van der Waals surface area contributed by atoms with E-state index in [0.29, 0.717) is 18.7 Å². The fourth-order valence-electron chi connectivity index (χ4n) is 1.60. The van der Waals surface area contributed by atoms with E-state index in [4.69, 9.17) is 0 Å². The summed E-state index contributed by atoms with van der Waals surface area (Å²) in [6.45, 7) is 2.06. The number of benzene rings is 1. The molecule has 2 aromatic rings. The van der Waals surface area contributed by atoms with Crippen molar-refractivity contribution in [2.45, 2.75) is 13.3 Å². The Labute approximate surface area is 104 Å². The number of halogens is 2. The largest absolute Gasteiger partial charge is 0.367 e. The van der Waals surface area contributed by atoms with E-state index in [-0.39, 0.29) is 11.6 Å². The van der Waals surface area contributed by atoms with Crippen LogP contribution in [0.1, 0.15) is 11.3 Å². The van der Waals surface area contributed by atoms with Crippen LogP contribution in [0.2, 0.25) is 0 Å². The SMILES string of the molecule is Cc1ncnc(NCCc2cccc(F)c2)c1F. The Bertz CT molecular complexity index is 544. The molecule has 1 aromatic heterocycles. The van der Waals surface area contributed by atoms with Gasteiger partial charge in [0, 0.05) is 6.54 Å². The summed E-state index contributed by atoms with van der Waals surface area (Å²) in [7, 11) is 0. The summed E-state index contributed by atoms with van der Waals surface area (Å²) in [5.41, 5.74) is 1.16. The van der Waals surface area contributed by atoms with Gasteiger partial charge in [0.2, 0.25) is 0 Å². The summed E-state index contributed by atoms with van der Waals surface area (Å²) in [4.78, 5) is 7.56. The molecular formula is C13H13F2N3. The first-order valence-electron chi connectivity index (χ1n) is 5.62. The van der Waals surface area contributed by atoms with E-state index in [0.717, 1.165) is 5.56 Å². The summed E-state index contributed by atoms with van der Waals surface area (Å²) in [5.74, 6) is -0.535. The van der Waals surface area contributed by atoms with Crippen molar-refractivity contribution in [1.82, 2.24) is 9.97 Å². The number of hydrogen-bond donors (Lipinski definition) is 1. The zero-order chi connectivity index (χ0) is 13.0. The highest BCUT2D eigenvalue weighted by atomic mass is 19.1. The van der Waals surface area contributed by atoms with Gasteiger partial charge in [-0.2, -0.15) is 0 Å². The fourth-order valence-corrected chi connectivity index (χ4v) is 1.60. The first-order valence-corrected chi connectivity index (χ1v) is 5.62. The Morgan fingerprint density at radius 1 is 1.22 bits per heavy atom. The minimum absolute atomic E-state index is 0.180. The molecule has 0 radical (unpaired) electrons. The maximum Gasteiger partial charge on any atom is 0.186 e. The van der Waals surface area contributed by atoms with Crippen LogP contribution < -0.4 is 5.32 Å². The molecule has 1 aromatic carbocycles. The van der Waals surface area contributed by atoms with E-state index in [1.54, 1.807) is 13.0 Å². The highest BCUT2D eigenvalue weighted by Gasteiger charge is 2.06. The summed E-state index contributed by atoms with van der Waals surface area (Å²) >= 11 is 0. The normalized spacial score (nSPS) is 10.4. The number of nitrogens with zero attached hydrogens (tertiary/aromatic N) is 2. The summed E-state index contributed by atoms with van der Waals surface area (Å²) in [6.07, 6.45) is 1.91. The quantitative estimate of drug-likeness (QED) is 0.905. The van der Waals surface area contributed by atoms with Crippen LogP contribution in [0, 0.1) is 18.6 Å². The van der Waals surface area contributed by atoms with E-state index in [9.17, 15) is 8.78 Å². The second kappa shape index (κ2) is 5.53. The third-order valence-corrected chi connectivity index (χ3v) is 2.56. The second-order valence-electron chi connectivity index (χ2n) is 3.93. The lowest BCUT2D eigenvalue weighted by molar-refractivity contribution is 0.604. The van der Waals surface area contributed by atoms with Crippen molar-refractivity contribution in [3.05, 3.63) is 53.5 Å². The molecule has 0 fully saturated rings. The van der Waals surface area contributed by atoms with Gasteiger partial charge in [0.25, 0.3) is 0 Å². The highest BCUT2D eigenvalue weighted by molar-refractivity contribution is 5.37. The average Bonchev–Trinajstić information content (AvgIpc) is 2.35. The minimum Gasteiger partial charge on any atom is -0.367 e. The van der Waals surface area contributed by atoms with Crippen LogP contribution >= 0.6 is 0 Å². The van der Waals surface area contributed by atoms with Crippen LogP contribution in [0.5, 0.6) is 0 Å². The average molecular weight is 249 g/mol. The number of aryl methyl sites for hydroxylation is 1. The predicted octanol–water partition coefficient (Wildman–Crippen LogP) is 2.72. The number of aromatic nitrogens is 2. The molecule has 94 valence electrons. The van der Waals surface area contributed by atoms with E-state index in [1.165, 1.54) is 18.5 Å². The van der Waals surface area contributed by atoms with Crippen molar-refractivity contribution in [3.8, 4) is 0 Å². The monoisotopic (exact) mass is 249 g/mol. The van der Waals surface area contributed by atoms with Gasteiger partial charge >= 0.3 is 0 Å². The van der Waals surface area contributed by atoms with Gasteiger partial charge in [0.05, 0.1) is 5.69 Å². The molecule has 0 spiro atoms. The molecule has 0 bridgehead atoms. The van der Waals surface area contributed by atoms with E-state index in [1.807, 2.05) is 6.07 Å². The van der Waals surface area contributed by atoms with Crippen molar-refractivity contribution >= 4 is 5.82 Å². The molecule has 3 nitrogen and oxygen atoms in total. The van der Waals surface area contributed by atoms with Crippen LogP contribution in [0.25, 0.3) is 0 Å². The smallest absolute Gasteiger partial charge is 0.186 e. The van der Waals surface area contributed by atoms with Gasteiger partial charge in [0.15, 0.2) is 11.6 Å². The topological polar surface area (TPSA) is 37.8 Å². The number of hydrogen-bond acceptors (Lipinski definition) is 3. The van der Waals surface area contributed by atoms with E-state index >= 15 is 0 Å². The third-order valence-electron chi connectivity index (χ3n) is 2.56. The van der Waals surface area contributed by atoms with Crippen molar-refractivity contribution < 1.29 is 8.78 Å². The summed E-state index contributed by atoms with van der Waals surface area (Å²) in [6, 6.07) is 6.33. The van der Waals surface area contributed by atoms with Gasteiger partial charge in [-0.15, -0.1) is 0 Å². The van der Waals surface area contributed by atoms with Crippen molar-refractivity contribution in [1.29, 1.82) is 0 Å². The molecule has 2 rings (SSSR count). The van der Waals surface area contributed by atoms with Gasteiger partial charge in [0.1, 0.15) is 12.1 Å². The Hall–Kier alpha value is -2.04. The number of nitrogens with one attached hydrogen (secondary N) is 1. The highest BCUT2D eigenvalue weighted by Crippen LogP contribution is 2.12. The molecule has 0 aliphatic carbocycles. The van der Waals surface area contributed by atoms with Crippen molar-refractivity contribution in [3.63, 3.8) is 0 Å².